The molecule has 2 rings (SSSR count). The van der Waals surface area contributed by atoms with Gasteiger partial charge in [-0.25, -0.2) is 5.43 Å². The summed E-state index contributed by atoms with van der Waals surface area (Å²) in [7, 11) is 0. The van der Waals surface area contributed by atoms with Crippen LogP contribution in [0.25, 0.3) is 0 Å². The summed E-state index contributed by atoms with van der Waals surface area (Å²) in [6.07, 6.45) is 13.8. The largest absolute Gasteiger partial charge is 0.281 e. The fourth-order valence-corrected chi connectivity index (χ4v) is 4.03. The molecule has 1 N–H and O–H groups in total. The highest BCUT2D eigenvalue weighted by atomic mass is 79.9. The van der Waals surface area contributed by atoms with E-state index in [1.165, 1.54) is 69.1 Å². The van der Waals surface area contributed by atoms with Crippen LogP contribution in [0.15, 0.2) is 21.0 Å². The minimum absolute atomic E-state index is 0.102. The highest BCUT2D eigenvalue weighted by Gasteiger charge is 2.08. The number of nitrogens with one attached hydrogen (secondary N) is 1. The van der Waals surface area contributed by atoms with Crippen molar-refractivity contribution in [2.45, 2.75) is 70.6 Å². The van der Waals surface area contributed by atoms with Crippen molar-refractivity contribution in [3.63, 3.8) is 0 Å². The van der Waals surface area contributed by atoms with Crippen molar-refractivity contribution >= 4 is 38.9 Å². The number of hydrogen-bond acceptors (Lipinski definition) is 3. The summed E-state index contributed by atoms with van der Waals surface area (Å²) in [5.41, 5.74) is 3.89. The zero-order chi connectivity index (χ0) is 15.6. The van der Waals surface area contributed by atoms with Gasteiger partial charge in [-0.15, -0.1) is 11.3 Å². The van der Waals surface area contributed by atoms with Crippen molar-refractivity contribution in [3.8, 4) is 0 Å². The van der Waals surface area contributed by atoms with Gasteiger partial charge in [0, 0.05) is 5.71 Å². The predicted octanol–water partition coefficient (Wildman–Crippen LogP) is 5.90. The molecule has 0 spiro atoms. The zero-order valence-electron chi connectivity index (χ0n) is 13.1. The molecule has 3 nitrogen and oxygen atoms in total. The van der Waals surface area contributed by atoms with E-state index < -0.39 is 0 Å². The molecule has 1 heterocycles. The normalized spacial score (nSPS) is 18.1. The molecule has 5 heteroatoms. The number of nitrogens with zero attached hydrogens (tertiary/aromatic N) is 1. The molecule has 1 saturated carbocycles. The molecule has 1 aliphatic carbocycles. The van der Waals surface area contributed by atoms with Crippen LogP contribution in [0.1, 0.15) is 80.3 Å². The SMILES string of the molecule is O=C(NN=C1CCCCCCCCCCC1)c1ccc(Br)s1. The molecular weight excluding hydrogens is 360 g/mol. The molecule has 0 unspecified atom stereocenters. The standard InChI is InChI=1S/C17H25BrN2OS/c18-16-13-12-15(22-16)17(21)20-19-14-10-8-6-4-2-1-3-5-7-9-11-14/h12-13H,1-11H2,(H,20,21). The Morgan fingerprint density at radius 2 is 1.50 bits per heavy atom. The van der Waals surface area contributed by atoms with Crippen molar-refractivity contribution in [2.24, 2.45) is 5.10 Å². The lowest BCUT2D eigenvalue weighted by atomic mass is 10.00. The molecule has 0 radical (unpaired) electrons. The summed E-state index contributed by atoms with van der Waals surface area (Å²) in [6.45, 7) is 0. The number of amides is 1. The second kappa shape index (κ2) is 10.2. The summed E-state index contributed by atoms with van der Waals surface area (Å²) < 4.78 is 0.969. The molecule has 0 atom stereocenters. The Labute approximate surface area is 145 Å². The predicted molar refractivity (Wildman–Crippen MR) is 97.7 cm³/mol. The fourth-order valence-electron chi connectivity index (χ4n) is 2.75. The van der Waals surface area contributed by atoms with Crippen LogP contribution in [0.2, 0.25) is 0 Å². The summed E-state index contributed by atoms with van der Waals surface area (Å²) in [5.74, 6) is -0.102. The summed E-state index contributed by atoms with van der Waals surface area (Å²) in [4.78, 5) is 12.7. The van der Waals surface area contributed by atoms with Gasteiger partial charge in [-0.1, -0.05) is 44.9 Å². The Kier molecular flexibility index (Phi) is 8.16. The van der Waals surface area contributed by atoms with Crippen LogP contribution in [0.5, 0.6) is 0 Å². The van der Waals surface area contributed by atoms with Crippen LogP contribution < -0.4 is 5.43 Å². The maximum atomic E-state index is 12.0. The van der Waals surface area contributed by atoms with Gasteiger partial charge in [-0.3, -0.25) is 4.79 Å². The second-order valence-corrected chi connectivity index (χ2v) is 8.37. The van der Waals surface area contributed by atoms with E-state index >= 15 is 0 Å². The molecule has 1 fully saturated rings. The quantitative estimate of drug-likeness (QED) is 0.633. The lowest BCUT2D eigenvalue weighted by Gasteiger charge is -2.09. The Morgan fingerprint density at radius 1 is 0.955 bits per heavy atom. The Morgan fingerprint density at radius 3 is 2.00 bits per heavy atom. The van der Waals surface area contributed by atoms with Gasteiger partial charge in [0.15, 0.2) is 0 Å². The highest BCUT2D eigenvalue weighted by Crippen LogP contribution is 2.22. The topological polar surface area (TPSA) is 41.5 Å². The molecule has 1 aromatic rings. The number of thiophene rings is 1. The average Bonchev–Trinajstić information content (AvgIpc) is 2.93. The second-order valence-electron chi connectivity index (χ2n) is 5.90. The van der Waals surface area contributed by atoms with E-state index in [0.29, 0.717) is 4.88 Å². The average molecular weight is 385 g/mol. The van der Waals surface area contributed by atoms with E-state index in [-0.39, 0.29) is 5.91 Å². The van der Waals surface area contributed by atoms with E-state index in [4.69, 9.17) is 0 Å². The number of halogens is 1. The number of carbonyl (C=O) groups is 1. The Hall–Kier alpha value is -0.680. The van der Waals surface area contributed by atoms with Gasteiger partial charge in [0.1, 0.15) is 0 Å². The first-order valence-corrected chi connectivity index (χ1v) is 9.98. The number of carbonyl (C=O) groups excluding carboxylic acids is 1. The van der Waals surface area contributed by atoms with Gasteiger partial charge >= 0.3 is 0 Å². The summed E-state index contributed by atoms with van der Waals surface area (Å²) >= 11 is 4.82. The van der Waals surface area contributed by atoms with Crippen LogP contribution in [0, 0.1) is 0 Å². The van der Waals surface area contributed by atoms with Gasteiger partial charge in [0.05, 0.1) is 8.66 Å². The van der Waals surface area contributed by atoms with Crippen LogP contribution in [0.4, 0.5) is 0 Å². The van der Waals surface area contributed by atoms with E-state index in [9.17, 15) is 4.79 Å². The van der Waals surface area contributed by atoms with E-state index in [0.717, 1.165) is 22.3 Å². The zero-order valence-corrected chi connectivity index (χ0v) is 15.5. The maximum Gasteiger partial charge on any atom is 0.281 e. The third-order valence-electron chi connectivity index (χ3n) is 4.04. The molecule has 0 aliphatic heterocycles. The van der Waals surface area contributed by atoms with Gasteiger partial charge in [-0.05, 0) is 53.7 Å². The Balaban J connectivity index is 1.86. The molecule has 0 saturated heterocycles. The van der Waals surface area contributed by atoms with E-state index in [2.05, 4.69) is 26.5 Å². The highest BCUT2D eigenvalue weighted by molar-refractivity contribution is 9.11. The van der Waals surface area contributed by atoms with Crippen LogP contribution >= 0.6 is 27.3 Å². The van der Waals surface area contributed by atoms with Crippen LogP contribution in [-0.2, 0) is 0 Å². The molecule has 1 aromatic heterocycles. The van der Waals surface area contributed by atoms with Gasteiger partial charge < -0.3 is 0 Å². The number of hydrazone groups is 1. The lowest BCUT2D eigenvalue weighted by molar-refractivity contribution is 0.0958. The first-order valence-electron chi connectivity index (χ1n) is 8.37. The summed E-state index contributed by atoms with van der Waals surface area (Å²) in [5, 5.41) is 4.41. The smallest absolute Gasteiger partial charge is 0.266 e. The minimum Gasteiger partial charge on any atom is -0.266 e. The lowest BCUT2D eigenvalue weighted by Crippen LogP contribution is -2.18. The third-order valence-corrected chi connectivity index (χ3v) is 5.67. The molecule has 1 amide bonds. The Bertz CT molecular complexity index is 485. The maximum absolute atomic E-state index is 12.0. The summed E-state index contributed by atoms with van der Waals surface area (Å²) in [6, 6.07) is 3.72. The first kappa shape index (κ1) is 17.7. The van der Waals surface area contributed by atoms with Gasteiger partial charge in [-0.2, -0.15) is 5.10 Å². The van der Waals surface area contributed by atoms with E-state index in [1.807, 2.05) is 12.1 Å². The van der Waals surface area contributed by atoms with Gasteiger partial charge in [0.2, 0.25) is 0 Å². The van der Waals surface area contributed by atoms with Crippen molar-refractivity contribution < 1.29 is 4.79 Å². The molecule has 1 aliphatic rings. The minimum atomic E-state index is -0.102. The molecule has 0 aromatic carbocycles. The number of hydrogen-bond donors (Lipinski definition) is 1. The van der Waals surface area contributed by atoms with E-state index in [1.54, 1.807) is 0 Å². The monoisotopic (exact) mass is 384 g/mol. The van der Waals surface area contributed by atoms with Crippen LogP contribution in [-0.4, -0.2) is 11.6 Å². The molecular formula is C17H25BrN2OS. The van der Waals surface area contributed by atoms with Crippen LogP contribution in [0.3, 0.4) is 0 Å². The van der Waals surface area contributed by atoms with Gasteiger partial charge in [0.25, 0.3) is 5.91 Å². The molecule has 122 valence electrons. The number of rotatable bonds is 2. The third kappa shape index (κ3) is 6.61. The van der Waals surface area contributed by atoms with Crippen molar-refractivity contribution in [1.82, 2.24) is 5.43 Å². The molecule has 22 heavy (non-hydrogen) atoms. The first-order chi connectivity index (χ1) is 10.8. The van der Waals surface area contributed by atoms with Crippen molar-refractivity contribution in [1.29, 1.82) is 0 Å². The fraction of sp³-hybridized carbons (Fsp3) is 0.647. The van der Waals surface area contributed by atoms with Crippen molar-refractivity contribution in [2.75, 3.05) is 0 Å². The van der Waals surface area contributed by atoms with Crippen molar-refractivity contribution in [3.05, 3.63) is 20.8 Å². The molecule has 0 bridgehead atoms.